The van der Waals surface area contributed by atoms with Crippen molar-refractivity contribution in [3.05, 3.63) is 0 Å². The summed E-state index contributed by atoms with van der Waals surface area (Å²) < 4.78 is 5.38. The molecule has 2 amide bonds. The van der Waals surface area contributed by atoms with Gasteiger partial charge in [-0.15, -0.1) is 0 Å². The van der Waals surface area contributed by atoms with Crippen molar-refractivity contribution in [1.82, 2.24) is 10.2 Å². The van der Waals surface area contributed by atoms with E-state index in [1.54, 1.807) is 7.05 Å². The first-order chi connectivity index (χ1) is 8.04. The molecule has 18 heavy (non-hydrogen) atoms. The van der Waals surface area contributed by atoms with Gasteiger partial charge in [-0.05, 0) is 34.6 Å². The Morgan fingerprint density at radius 1 is 1.33 bits per heavy atom. The van der Waals surface area contributed by atoms with Crippen LogP contribution in [-0.4, -0.2) is 53.3 Å². The van der Waals surface area contributed by atoms with Gasteiger partial charge in [-0.2, -0.15) is 0 Å². The standard InChI is InChI=1S/C12H24N2O4/c1-8(2)14(6)11(17)13-9(10(15)16)7-18-12(3,4)5/h8-9H,7H2,1-6H3,(H,13,17)(H,15,16)/t9-/m0/s1. The van der Waals surface area contributed by atoms with Crippen molar-refractivity contribution in [3.8, 4) is 0 Å². The molecule has 0 radical (unpaired) electrons. The van der Waals surface area contributed by atoms with Crippen LogP contribution in [-0.2, 0) is 9.53 Å². The third-order valence-electron chi connectivity index (χ3n) is 2.37. The van der Waals surface area contributed by atoms with Crippen LogP contribution >= 0.6 is 0 Å². The largest absolute Gasteiger partial charge is 0.480 e. The predicted molar refractivity (Wildman–Crippen MR) is 68.6 cm³/mol. The monoisotopic (exact) mass is 260 g/mol. The number of nitrogens with zero attached hydrogens (tertiary/aromatic N) is 1. The minimum absolute atomic E-state index is 0.00276. The number of carboxylic acids is 1. The van der Waals surface area contributed by atoms with Crippen LogP contribution in [0.1, 0.15) is 34.6 Å². The van der Waals surface area contributed by atoms with Gasteiger partial charge in [-0.25, -0.2) is 9.59 Å². The molecule has 0 aromatic heterocycles. The molecule has 0 aliphatic heterocycles. The van der Waals surface area contributed by atoms with Crippen LogP contribution in [0.5, 0.6) is 0 Å². The van der Waals surface area contributed by atoms with Gasteiger partial charge in [0.1, 0.15) is 0 Å². The third kappa shape index (κ3) is 6.44. The zero-order chi connectivity index (χ0) is 14.5. The van der Waals surface area contributed by atoms with E-state index in [4.69, 9.17) is 9.84 Å². The van der Waals surface area contributed by atoms with Crippen molar-refractivity contribution in [2.75, 3.05) is 13.7 Å². The van der Waals surface area contributed by atoms with Gasteiger partial charge in [-0.1, -0.05) is 0 Å². The summed E-state index contributed by atoms with van der Waals surface area (Å²) >= 11 is 0. The molecular weight excluding hydrogens is 236 g/mol. The van der Waals surface area contributed by atoms with Crippen molar-refractivity contribution in [1.29, 1.82) is 0 Å². The smallest absolute Gasteiger partial charge is 0.328 e. The highest BCUT2D eigenvalue weighted by Crippen LogP contribution is 2.07. The molecule has 0 aliphatic carbocycles. The number of aliphatic carboxylic acids is 1. The minimum Gasteiger partial charge on any atom is -0.480 e. The molecule has 0 fully saturated rings. The topological polar surface area (TPSA) is 78.9 Å². The molecule has 0 aromatic carbocycles. The van der Waals surface area contributed by atoms with E-state index in [9.17, 15) is 9.59 Å². The molecule has 0 aromatic rings. The molecule has 6 nitrogen and oxygen atoms in total. The summed E-state index contributed by atoms with van der Waals surface area (Å²) in [5, 5.41) is 11.5. The second-order valence-electron chi connectivity index (χ2n) is 5.47. The lowest BCUT2D eigenvalue weighted by atomic mass is 10.2. The molecule has 0 saturated carbocycles. The van der Waals surface area contributed by atoms with E-state index >= 15 is 0 Å². The summed E-state index contributed by atoms with van der Waals surface area (Å²) in [6.45, 7) is 9.12. The van der Waals surface area contributed by atoms with Crippen molar-refractivity contribution in [3.63, 3.8) is 0 Å². The average Bonchev–Trinajstić information content (AvgIpc) is 2.20. The summed E-state index contributed by atoms with van der Waals surface area (Å²) in [4.78, 5) is 24.2. The number of hydrogen-bond donors (Lipinski definition) is 2. The first-order valence-electron chi connectivity index (χ1n) is 5.94. The van der Waals surface area contributed by atoms with Gasteiger partial charge in [0.15, 0.2) is 6.04 Å². The maximum Gasteiger partial charge on any atom is 0.328 e. The highest BCUT2D eigenvalue weighted by Gasteiger charge is 2.25. The number of amides is 2. The zero-order valence-corrected chi connectivity index (χ0v) is 12.0. The number of carbonyl (C=O) groups is 2. The van der Waals surface area contributed by atoms with Crippen LogP contribution in [0.15, 0.2) is 0 Å². The lowest BCUT2D eigenvalue weighted by Gasteiger charge is -2.26. The number of carboxylic acid groups (broad SMARTS) is 1. The molecule has 0 saturated heterocycles. The van der Waals surface area contributed by atoms with E-state index in [-0.39, 0.29) is 12.6 Å². The highest BCUT2D eigenvalue weighted by atomic mass is 16.5. The second kappa shape index (κ2) is 6.58. The minimum atomic E-state index is -1.11. The van der Waals surface area contributed by atoms with E-state index in [0.717, 1.165) is 0 Å². The maximum atomic E-state index is 11.7. The van der Waals surface area contributed by atoms with E-state index in [0.29, 0.717) is 0 Å². The molecule has 6 heteroatoms. The van der Waals surface area contributed by atoms with Crippen LogP contribution in [0, 0.1) is 0 Å². The van der Waals surface area contributed by atoms with Crippen molar-refractivity contribution in [2.45, 2.75) is 52.3 Å². The Morgan fingerprint density at radius 2 is 1.83 bits per heavy atom. The molecule has 0 aliphatic rings. The number of rotatable bonds is 5. The van der Waals surface area contributed by atoms with Crippen molar-refractivity contribution >= 4 is 12.0 Å². The summed E-state index contributed by atoms with van der Waals surface area (Å²) in [6.07, 6.45) is 0. The average molecular weight is 260 g/mol. The quantitative estimate of drug-likeness (QED) is 0.781. The van der Waals surface area contributed by atoms with Crippen LogP contribution < -0.4 is 5.32 Å². The van der Waals surface area contributed by atoms with Gasteiger partial charge < -0.3 is 20.1 Å². The normalized spacial score (nSPS) is 13.3. The molecule has 106 valence electrons. The first-order valence-corrected chi connectivity index (χ1v) is 5.94. The van der Waals surface area contributed by atoms with Gasteiger partial charge in [0.2, 0.25) is 0 Å². The van der Waals surface area contributed by atoms with E-state index in [1.807, 2.05) is 34.6 Å². The summed E-state index contributed by atoms with van der Waals surface area (Å²) in [7, 11) is 1.61. The number of carbonyl (C=O) groups excluding carboxylic acids is 1. The molecule has 0 bridgehead atoms. The number of nitrogens with one attached hydrogen (secondary N) is 1. The molecule has 2 N–H and O–H groups in total. The van der Waals surface area contributed by atoms with Gasteiger partial charge in [0.25, 0.3) is 0 Å². The SMILES string of the molecule is CC(C)N(C)C(=O)N[C@@H](COC(C)(C)C)C(=O)O. The molecule has 0 unspecified atom stereocenters. The zero-order valence-electron chi connectivity index (χ0n) is 12.0. The van der Waals surface area contributed by atoms with Gasteiger partial charge in [0.05, 0.1) is 12.2 Å². The van der Waals surface area contributed by atoms with Crippen molar-refractivity contribution < 1.29 is 19.4 Å². The third-order valence-corrected chi connectivity index (χ3v) is 2.37. The Hall–Kier alpha value is -1.30. The van der Waals surface area contributed by atoms with E-state index in [2.05, 4.69) is 5.32 Å². The fourth-order valence-corrected chi connectivity index (χ4v) is 0.993. The Morgan fingerprint density at radius 3 is 2.17 bits per heavy atom. The Balaban J connectivity index is 4.46. The maximum absolute atomic E-state index is 11.7. The number of ether oxygens (including phenoxy) is 1. The number of urea groups is 1. The highest BCUT2D eigenvalue weighted by molar-refractivity contribution is 5.82. The number of hydrogen-bond acceptors (Lipinski definition) is 3. The predicted octanol–water partition coefficient (Wildman–Crippen LogP) is 1.30. The van der Waals surface area contributed by atoms with Gasteiger partial charge in [-0.3, -0.25) is 0 Å². The molecule has 0 heterocycles. The first kappa shape index (κ1) is 16.7. The molecule has 0 rings (SSSR count). The molecule has 1 atom stereocenters. The van der Waals surface area contributed by atoms with Crippen LogP contribution in [0.25, 0.3) is 0 Å². The summed E-state index contributed by atoms with van der Waals surface area (Å²) in [6, 6.07) is -1.46. The summed E-state index contributed by atoms with van der Waals surface area (Å²) in [5.74, 6) is -1.11. The second-order valence-corrected chi connectivity index (χ2v) is 5.47. The van der Waals surface area contributed by atoms with Gasteiger partial charge in [0, 0.05) is 13.1 Å². The lowest BCUT2D eigenvalue weighted by molar-refractivity contribution is -0.142. The van der Waals surface area contributed by atoms with Crippen molar-refractivity contribution in [2.24, 2.45) is 0 Å². The fourth-order valence-electron chi connectivity index (χ4n) is 0.993. The lowest BCUT2D eigenvalue weighted by Crippen LogP contribution is -2.51. The Bertz CT molecular complexity index is 297. The fraction of sp³-hybridized carbons (Fsp3) is 0.833. The van der Waals surface area contributed by atoms with Crippen LogP contribution in [0.3, 0.4) is 0 Å². The summed E-state index contributed by atoms with van der Waals surface area (Å²) in [5.41, 5.74) is -0.442. The van der Waals surface area contributed by atoms with E-state index < -0.39 is 23.6 Å². The molecule has 0 spiro atoms. The van der Waals surface area contributed by atoms with Crippen LogP contribution in [0.2, 0.25) is 0 Å². The molecular formula is C12H24N2O4. The van der Waals surface area contributed by atoms with Crippen LogP contribution in [0.4, 0.5) is 4.79 Å². The Labute approximate surface area is 108 Å². The van der Waals surface area contributed by atoms with Gasteiger partial charge >= 0.3 is 12.0 Å². The Kier molecular flexibility index (Phi) is 6.11. The van der Waals surface area contributed by atoms with E-state index in [1.165, 1.54) is 4.90 Å².